The fourth-order valence-electron chi connectivity index (χ4n) is 2.40. The highest BCUT2D eigenvalue weighted by Crippen LogP contribution is 2.11. The van der Waals surface area contributed by atoms with Gasteiger partial charge in [0.15, 0.2) is 0 Å². The first-order valence-corrected chi connectivity index (χ1v) is 6.46. The van der Waals surface area contributed by atoms with E-state index in [-0.39, 0.29) is 5.91 Å². The van der Waals surface area contributed by atoms with Crippen LogP contribution in [0.25, 0.3) is 0 Å². The molecule has 0 radical (unpaired) electrons. The summed E-state index contributed by atoms with van der Waals surface area (Å²) in [4.78, 5) is 13.8. The van der Waals surface area contributed by atoms with E-state index in [1.807, 2.05) is 4.90 Å². The van der Waals surface area contributed by atoms with Crippen molar-refractivity contribution in [2.24, 2.45) is 0 Å². The molecule has 0 saturated carbocycles. The molecule has 0 aromatic heterocycles. The van der Waals surface area contributed by atoms with Crippen molar-refractivity contribution in [2.45, 2.75) is 38.2 Å². The van der Waals surface area contributed by atoms with Crippen molar-refractivity contribution in [3.63, 3.8) is 0 Å². The van der Waals surface area contributed by atoms with Crippen molar-refractivity contribution in [1.82, 2.24) is 10.2 Å². The Morgan fingerprint density at radius 1 is 1.25 bits per heavy atom. The minimum absolute atomic E-state index is 0.248. The van der Waals surface area contributed by atoms with Gasteiger partial charge >= 0.3 is 0 Å². The number of piperidine rings is 1. The van der Waals surface area contributed by atoms with E-state index in [0.717, 1.165) is 51.9 Å². The summed E-state index contributed by atoms with van der Waals surface area (Å²) in [6.45, 7) is 4.06. The number of nitrogens with one attached hydrogen (secondary N) is 1. The van der Waals surface area contributed by atoms with Crippen molar-refractivity contribution in [3.8, 4) is 0 Å². The second kappa shape index (κ2) is 6.21. The molecular weight excluding hydrogens is 204 g/mol. The SMILES string of the molecule is O=C(CNCC1CCCO1)N1CCCCC1. The van der Waals surface area contributed by atoms with Crippen LogP contribution in [0.4, 0.5) is 0 Å². The highest BCUT2D eigenvalue weighted by atomic mass is 16.5. The third-order valence-electron chi connectivity index (χ3n) is 3.38. The normalized spacial score (nSPS) is 26.0. The lowest BCUT2D eigenvalue weighted by Crippen LogP contribution is -2.42. The lowest BCUT2D eigenvalue weighted by Gasteiger charge is -2.27. The molecule has 1 N–H and O–H groups in total. The number of hydrogen-bond acceptors (Lipinski definition) is 3. The average molecular weight is 226 g/mol. The van der Waals surface area contributed by atoms with Crippen LogP contribution in [0.2, 0.25) is 0 Å². The van der Waals surface area contributed by atoms with E-state index < -0.39 is 0 Å². The van der Waals surface area contributed by atoms with Crippen molar-refractivity contribution in [3.05, 3.63) is 0 Å². The molecule has 2 aliphatic heterocycles. The zero-order valence-electron chi connectivity index (χ0n) is 9.91. The molecule has 0 aliphatic carbocycles. The number of carbonyl (C=O) groups is 1. The Bertz CT molecular complexity index is 221. The van der Waals surface area contributed by atoms with Crippen LogP contribution in [0, 0.1) is 0 Å². The predicted molar refractivity (Wildman–Crippen MR) is 62.3 cm³/mol. The minimum Gasteiger partial charge on any atom is -0.377 e. The van der Waals surface area contributed by atoms with Gasteiger partial charge in [0.2, 0.25) is 5.91 Å². The van der Waals surface area contributed by atoms with E-state index in [4.69, 9.17) is 4.74 Å². The standard InChI is InChI=1S/C12H22N2O2/c15-12(14-6-2-1-3-7-14)10-13-9-11-5-4-8-16-11/h11,13H,1-10H2. The van der Waals surface area contributed by atoms with Gasteiger partial charge in [-0.15, -0.1) is 0 Å². The zero-order chi connectivity index (χ0) is 11.2. The number of ether oxygens (including phenoxy) is 1. The zero-order valence-corrected chi connectivity index (χ0v) is 9.91. The summed E-state index contributed by atoms with van der Waals surface area (Å²) in [5.74, 6) is 0.248. The van der Waals surface area contributed by atoms with Gasteiger partial charge in [0.05, 0.1) is 12.6 Å². The van der Waals surface area contributed by atoms with E-state index in [1.165, 1.54) is 6.42 Å². The van der Waals surface area contributed by atoms with Gasteiger partial charge in [-0.3, -0.25) is 4.79 Å². The van der Waals surface area contributed by atoms with Crippen molar-refractivity contribution < 1.29 is 9.53 Å². The first-order chi connectivity index (χ1) is 7.86. The smallest absolute Gasteiger partial charge is 0.236 e. The van der Waals surface area contributed by atoms with Gasteiger partial charge < -0.3 is 15.0 Å². The summed E-state index contributed by atoms with van der Waals surface area (Å²) in [7, 11) is 0. The number of nitrogens with zero attached hydrogens (tertiary/aromatic N) is 1. The molecule has 0 aromatic carbocycles. The molecule has 1 unspecified atom stereocenters. The van der Waals surface area contributed by atoms with Crippen LogP contribution in [-0.4, -0.2) is 49.7 Å². The van der Waals surface area contributed by atoms with Gasteiger partial charge in [-0.05, 0) is 32.1 Å². The fourth-order valence-corrected chi connectivity index (χ4v) is 2.40. The first kappa shape index (κ1) is 11.9. The molecule has 2 heterocycles. The number of amides is 1. The Labute approximate surface area is 97.3 Å². The number of carbonyl (C=O) groups excluding carboxylic acids is 1. The summed E-state index contributed by atoms with van der Waals surface area (Å²) < 4.78 is 5.49. The summed E-state index contributed by atoms with van der Waals surface area (Å²) >= 11 is 0. The Kier molecular flexibility index (Phi) is 4.60. The van der Waals surface area contributed by atoms with Gasteiger partial charge in [0, 0.05) is 26.2 Å². The molecule has 1 amide bonds. The van der Waals surface area contributed by atoms with Crippen LogP contribution in [0.3, 0.4) is 0 Å². The third-order valence-corrected chi connectivity index (χ3v) is 3.38. The Morgan fingerprint density at radius 2 is 2.06 bits per heavy atom. The lowest BCUT2D eigenvalue weighted by atomic mass is 10.1. The molecule has 0 bridgehead atoms. The maximum Gasteiger partial charge on any atom is 0.236 e. The van der Waals surface area contributed by atoms with Crippen LogP contribution in [0.5, 0.6) is 0 Å². The molecule has 92 valence electrons. The van der Waals surface area contributed by atoms with Gasteiger partial charge in [-0.2, -0.15) is 0 Å². The molecule has 1 atom stereocenters. The second-order valence-electron chi connectivity index (χ2n) is 4.71. The molecule has 4 nitrogen and oxygen atoms in total. The Hall–Kier alpha value is -0.610. The topological polar surface area (TPSA) is 41.6 Å². The molecule has 2 fully saturated rings. The van der Waals surface area contributed by atoms with Gasteiger partial charge in [-0.25, -0.2) is 0 Å². The summed E-state index contributed by atoms with van der Waals surface area (Å²) in [5.41, 5.74) is 0. The summed E-state index contributed by atoms with van der Waals surface area (Å²) in [6.07, 6.45) is 6.22. The van der Waals surface area contributed by atoms with Crippen LogP contribution in [0.1, 0.15) is 32.1 Å². The largest absolute Gasteiger partial charge is 0.377 e. The maximum absolute atomic E-state index is 11.8. The molecule has 4 heteroatoms. The van der Waals surface area contributed by atoms with Gasteiger partial charge in [-0.1, -0.05) is 0 Å². The molecular formula is C12H22N2O2. The van der Waals surface area contributed by atoms with Crippen LogP contribution in [-0.2, 0) is 9.53 Å². The average Bonchev–Trinajstić information content (AvgIpc) is 2.83. The van der Waals surface area contributed by atoms with Crippen LogP contribution < -0.4 is 5.32 Å². The number of likely N-dealkylation sites (tertiary alicyclic amines) is 1. The van der Waals surface area contributed by atoms with Gasteiger partial charge in [0.1, 0.15) is 0 Å². The molecule has 2 saturated heterocycles. The van der Waals surface area contributed by atoms with E-state index in [2.05, 4.69) is 5.32 Å². The predicted octanol–water partition coefficient (Wildman–Crippen LogP) is 0.767. The fraction of sp³-hybridized carbons (Fsp3) is 0.917. The van der Waals surface area contributed by atoms with Gasteiger partial charge in [0.25, 0.3) is 0 Å². The number of hydrogen-bond donors (Lipinski definition) is 1. The highest BCUT2D eigenvalue weighted by Gasteiger charge is 2.18. The van der Waals surface area contributed by atoms with Crippen molar-refractivity contribution in [2.75, 3.05) is 32.8 Å². The van der Waals surface area contributed by atoms with Crippen LogP contribution in [0.15, 0.2) is 0 Å². The van der Waals surface area contributed by atoms with E-state index in [9.17, 15) is 4.79 Å². The summed E-state index contributed by atoms with van der Waals surface area (Å²) in [6, 6.07) is 0. The van der Waals surface area contributed by atoms with Crippen LogP contribution >= 0.6 is 0 Å². The van der Waals surface area contributed by atoms with E-state index in [1.54, 1.807) is 0 Å². The van der Waals surface area contributed by atoms with E-state index in [0.29, 0.717) is 12.6 Å². The third kappa shape index (κ3) is 3.46. The minimum atomic E-state index is 0.248. The van der Waals surface area contributed by atoms with Crippen molar-refractivity contribution in [1.29, 1.82) is 0 Å². The second-order valence-corrected chi connectivity index (χ2v) is 4.71. The van der Waals surface area contributed by atoms with Crippen molar-refractivity contribution >= 4 is 5.91 Å². The molecule has 0 aromatic rings. The first-order valence-electron chi connectivity index (χ1n) is 6.46. The Morgan fingerprint density at radius 3 is 2.75 bits per heavy atom. The Balaban J connectivity index is 1.59. The molecule has 16 heavy (non-hydrogen) atoms. The quantitative estimate of drug-likeness (QED) is 0.770. The van der Waals surface area contributed by atoms with E-state index >= 15 is 0 Å². The summed E-state index contributed by atoms with van der Waals surface area (Å²) in [5, 5.41) is 3.21. The molecule has 0 spiro atoms. The number of rotatable bonds is 4. The highest BCUT2D eigenvalue weighted by molar-refractivity contribution is 5.78. The molecule has 2 rings (SSSR count). The molecule has 2 aliphatic rings. The maximum atomic E-state index is 11.8. The monoisotopic (exact) mass is 226 g/mol. The lowest BCUT2D eigenvalue weighted by molar-refractivity contribution is -0.131.